The highest BCUT2D eigenvalue weighted by atomic mass is 16.5. The van der Waals surface area contributed by atoms with E-state index in [0.717, 1.165) is 11.1 Å². The summed E-state index contributed by atoms with van der Waals surface area (Å²) in [5.74, 6) is 0.238. The van der Waals surface area contributed by atoms with Crippen LogP contribution in [0.4, 0.5) is 5.69 Å². The predicted octanol–water partition coefficient (Wildman–Crippen LogP) is 3.82. The zero-order valence-corrected chi connectivity index (χ0v) is 16.2. The van der Waals surface area contributed by atoms with E-state index in [0.29, 0.717) is 23.6 Å². The van der Waals surface area contributed by atoms with Gasteiger partial charge in [0.1, 0.15) is 11.8 Å². The van der Waals surface area contributed by atoms with Crippen molar-refractivity contribution in [2.75, 3.05) is 12.4 Å². The molecule has 0 saturated heterocycles. The SMILES string of the molecule is CC[C@H](C(=O)Nc1ccccc1OC)n1nc(-c2ccc(C)cc2)ccc1=O. The fraction of sp³-hybridized carbons (Fsp3) is 0.227. The Balaban J connectivity index is 1.93. The maximum absolute atomic E-state index is 12.9. The first kappa shape index (κ1) is 19.4. The molecule has 6 heteroatoms. The fourth-order valence-corrected chi connectivity index (χ4v) is 2.96. The normalized spacial score (nSPS) is 11.7. The van der Waals surface area contributed by atoms with Crippen molar-refractivity contribution in [3.05, 3.63) is 76.6 Å². The number of aryl methyl sites for hydroxylation is 1. The Kier molecular flexibility index (Phi) is 5.89. The van der Waals surface area contributed by atoms with Crippen molar-refractivity contribution in [2.24, 2.45) is 0 Å². The van der Waals surface area contributed by atoms with Crippen LogP contribution >= 0.6 is 0 Å². The average Bonchev–Trinajstić information content (AvgIpc) is 2.71. The van der Waals surface area contributed by atoms with Crippen LogP contribution in [0.15, 0.2) is 65.5 Å². The minimum atomic E-state index is -0.734. The van der Waals surface area contributed by atoms with Crippen molar-refractivity contribution in [1.29, 1.82) is 0 Å². The second-order valence-corrected chi connectivity index (χ2v) is 6.48. The molecule has 3 aromatic rings. The van der Waals surface area contributed by atoms with E-state index in [9.17, 15) is 9.59 Å². The minimum Gasteiger partial charge on any atom is -0.495 e. The Labute approximate surface area is 163 Å². The number of carbonyl (C=O) groups is 1. The molecular formula is C22H23N3O3. The molecule has 0 unspecified atom stereocenters. The van der Waals surface area contributed by atoms with Crippen molar-refractivity contribution in [3.8, 4) is 17.0 Å². The zero-order valence-electron chi connectivity index (χ0n) is 16.2. The van der Waals surface area contributed by atoms with E-state index in [-0.39, 0.29) is 11.5 Å². The quantitative estimate of drug-likeness (QED) is 0.709. The van der Waals surface area contributed by atoms with Gasteiger partial charge in [-0.1, -0.05) is 48.9 Å². The van der Waals surface area contributed by atoms with Crippen LogP contribution in [0.25, 0.3) is 11.3 Å². The van der Waals surface area contributed by atoms with Crippen LogP contribution in [0.5, 0.6) is 5.75 Å². The second-order valence-electron chi connectivity index (χ2n) is 6.48. The second kappa shape index (κ2) is 8.52. The van der Waals surface area contributed by atoms with Gasteiger partial charge in [0, 0.05) is 11.6 Å². The third-order valence-corrected chi connectivity index (χ3v) is 4.52. The molecule has 0 saturated carbocycles. The molecule has 0 aliphatic rings. The molecule has 1 amide bonds. The van der Waals surface area contributed by atoms with Crippen LogP contribution in [0.3, 0.4) is 0 Å². The number of nitrogens with zero attached hydrogens (tertiary/aromatic N) is 2. The van der Waals surface area contributed by atoms with Gasteiger partial charge >= 0.3 is 0 Å². The molecule has 3 rings (SSSR count). The van der Waals surface area contributed by atoms with Crippen LogP contribution in [0.2, 0.25) is 0 Å². The lowest BCUT2D eigenvalue weighted by molar-refractivity contribution is -0.119. The van der Waals surface area contributed by atoms with Gasteiger partial charge in [-0.25, -0.2) is 4.68 Å². The topological polar surface area (TPSA) is 73.2 Å². The molecule has 144 valence electrons. The van der Waals surface area contributed by atoms with Crippen LogP contribution in [0.1, 0.15) is 24.9 Å². The number of hydrogen-bond donors (Lipinski definition) is 1. The van der Waals surface area contributed by atoms with Crippen molar-refractivity contribution in [3.63, 3.8) is 0 Å². The summed E-state index contributed by atoms with van der Waals surface area (Å²) in [6.45, 7) is 3.85. The van der Waals surface area contributed by atoms with Crippen molar-refractivity contribution >= 4 is 11.6 Å². The summed E-state index contributed by atoms with van der Waals surface area (Å²) < 4.78 is 6.53. The smallest absolute Gasteiger partial charge is 0.267 e. The fourth-order valence-electron chi connectivity index (χ4n) is 2.96. The van der Waals surface area contributed by atoms with Crippen molar-refractivity contribution in [1.82, 2.24) is 9.78 Å². The summed E-state index contributed by atoms with van der Waals surface area (Å²) in [6, 6.07) is 17.4. The Morgan fingerprint density at radius 1 is 1.11 bits per heavy atom. The van der Waals surface area contributed by atoms with Gasteiger partial charge in [-0.15, -0.1) is 0 Å². The number of nitrogens with one attached hydrogen (secondary N) is 1. The molecule has 1 atom stereocenters. The van der Waals surface area contributed by atoms with E-state index in [4.69, 9.17) is 4.74 Å². The number of ether oxygens (including phenoxy) is 1. The first-order chi connectivity index (χ1) is 13.5. The molecule has 2 aromatic carbocycles. The van der Waals surface area contributed by atoms with Gasteiger partial charge < -0.3 is 10.1 Å². The number of rotatable bonds is 6. The lowest BCUT2D eigenvalue weighted by atomic mass is 10.1. The van der Waals surface area contributed by atoms with Gasteiger partial charge in [-0.2, -0.15) is 5.10 Å². The standard InChI is InChI=1S/C22H23N3O3/c1-4-19(22(27)23-18-7-5-6-8-20(18)28-3)25-21(26)14-13-17(24-25)16-11-9-15(2)10-12-16/h5-14,19H,4H2,1-3H3,(H,23,27)/t19-/m1/s1. The largest absolute Gasteiger partial charge is 0.495 e. The van der Waals surface area contributed by atoms with Crippen LogP contribution < -0.4 is 15.6 Å². The number of hydrogen-bond acceptors (Lipinski definition) is 4. The van der Waals surface area contributed by atoms with E-state index < -0.39 is 6.04 Å². The van der Waals surface area contributed by atoms with Crippen molar-refractivity contribution < 1.29 is 9.53 Å². The minimum absolute atomic E-state index is 0.317. The molecule has 0 fully saturated rings. The summed E-state index contributed by atoms with van der Waals surface area (Å²) in [7, 11) is 1.54. The molecule has 1 heterocycles. The Bertz CT molecular complexity index is 1030. The van der Waals surface area contributed by atoms with E-state index in [2.05, 4.69) is 10.4 Å². The van der Waals surface area contributed by atoms with Crippen LogP contribution in [-0.2, 0) is 4.79 Å². The number of benzene rings is 2. The number of para-hydroxylation sites is 2. The third-order valence-electron chi connectivity index (χ3n) is 4.52. The van der Waals surface area contributed by atoms with Crippen molar-refractivity contribution in [2.45, 2.75) is 26.3 Å². The first-order valence-corrected chi connectivity index (χ1v) is 9.14. The maximum Gasteiger partial charge on any atom is 0.267 e. The number of anilines is 1. The zero-order chi connectivity index (χ0) is 20.1. The predicted molar refractivity (Wildman–Crippen MR) is 110 cm³/mol. The molecule has 0 spiro atoms. The van der Waals surface area contributed by atoms with Crippen LogP contribution in [0, 0.1) is 6.92 Å². The lowest BCUT2D eigenvalue weighted by Crippen LogP contribution is -2.34. The highest BCUT2D eigenvalue weighted by Crippen LogP contribution is 2.25. The summed E-state index contributed by atoms with van der Waals surface area (Å²) >= 11 is 0. The van der Waals surface area contributed by atoms with E-state index >= 15 is 0 Å². The van der Waals surface area contributed by atoms with E-state index in [1.54, 1.807) is 25.3 Å². The molecule has 0 radical (unpaired) electrons. The molecule has 6 nitrogen and oxygen atoms in total. The van der Waals surface area contributed by atoms with Gasteiger partial charge in [0.15, 0.2) is 0 Å². The van der Waals surface area contributed by atoms with Gasteiger partial charge in [-0.3, -0.25) is 9.59 Å². The number of methoxy groups -OCH3 is 1. The number of aromatic nitrogens is 2. The maximum atomic E-state index is 12.9. The lowest BCUT2D eigenvalue weighted by Gasteiger charge is -2.18. The Morgan fingerprint density at radius 3 is 2.50 bits per heavy atom. The summed E-state index contributed by atoms with van der Waals surface area (Å²) in [6.07, 6.45) is 0.422. The molecule has 0 aliphatic heterocycles. The Morgan fingerprint density at radius 2 is 1.82 bits per heavy atom. The highest BCUT2D eigenvalue weighted by molar-refractivity contribution is 5.95. The first-order valence-electron chi connectivity index (χ1n) is 9.14. The van der Waals surface area contributed by atoms with Crippen LogP contribution in [-0.4, -0.2) is 22.8 Å². The molecule has 0 bridgehead atoms. The summed E-state index contributed by atoms with van der Waals surface area (Å²) in [5, 5.41) is 7.30. The molecular weight excluding hydrogens is 354 g/mol. The van der Waals surface area contributed by atoms with E-state index in [1.807, 2.05) is 50.2 Å². The van der Waals surface area contributed by atoms with Gasteiger partial charge in [-0.05, 0) is 31.5 Å². The molecule has 1 N–H and O–H groups in total. The number of carbonyl (C=O) groups excluding carboxylic acids is 1. The average molecular weight is 377 g/mol. The van der Waals surface area contributed by atoms with Gasteiger partial charge in [0.2, 0.25) is 5.91 Å². The third kappa shape index (κ3) is 4.11. The van der Waals surface area contributed by atoms with Gasteiger partial charge in [0.25, 0.3) is 5.56 Å². The molecule has 28 heavy (non-hydrogen) atoms. The summed E-state index contributed by atoms with van der Waals surface area (Å²) in [5.41, 5.74) is 2.90. The van der Waals surface area contributed by atoms with Gasteiger partial charge in [0.05, 0.1) is 18.5 Å². The Hall–Kier alpha value is -3.41. The molecule has 1 aromatic heterocycles. The summed E-state index contributed by atoms with van der Waals surface area (Å²) in [4.78, 5) is 25.3. The highest BCUT2D eigenvalue weighted by Gasteiger charge is 2.22. The van der Waals surface area contributed by atoms with E-state index in [1.165, 1.54) is 10.7 Å². The number of amides is 1. The molecule has 0 aliphatic carbocycles. The monoisotopic (exact) mass is 377 g/mol.